The molecule has 182 valence electrons. The van der Waals surface area contributed by atoms with Gasteiger partial charge in [0.2, 0.25) is 0 Å². The summed E-state index contributed by atoms with van der Waals surface area (Å²) in [5.41, 5.74) is -0.218. The van der Waals surface area contributed by atoms with Gasteiger partial charge in [0.25, 0.3) is 0 Å². The molecular weight excluding hydrogens is 471 g/mol. The van der Waals surface area contributed by atoms with E-state index in [1.807, 2.05) is 0 Å². The molecule has 34 heavy (non-hydrogen) atoms. The Bertz CT molecular complexity index is 1230. The number of para-hydroxylation sites is 1. The fraction of sp³-hybridized carbons (Fsp3) is 0.391. The lowest BCUT2D eigenvalue weighted by Crippen LogP contribution is -2.36. The highest BCUT2D eigenvalue weighted by Crippen LogP contribution is 2.40. The highest BCUT2D eigenvalue weighted by atomic mass is 32.2. The number of alkyl halides is 3. The van der Waals surface area contributed by atoms with E-state index in [4.69, 9.17) is 0 Å². The van der Waals surface area contributed by atoms with Crippen molar-refractivity contribution < 1.29 is 31.2 Å². The smallest absolute Gasteiger partial charge is 0.370 e. The van der Waals surface area contributed by atoms with Gasteiger partial charge in [0.15, 0.2) is 15.6 Å². The van der Waals surface area contributed by atoms with Crippen molar-refractivity contribution in [2.75, 3.05) is 42.7 Å². The molecule has 0 aliphatic carbocycles. The molecule has 4 rings (SSSR count). The Labute approximate surface area is 195 Å². The first-order valence-corrected chi connectivity index (χ1v) is 12.6. The van der Waals surface area contributed by atoms with Gasteiger partial charge in [-0.25, -0.2) is 13.2 Å². The molecular formula is C23H24F3N3O4S. The van der Waals surface area contributed by atoms with E-state index in [0.717, 1.165) is 12.3 Å². The normalized spacial score (nSPS) is 20.4. The summed E-state index contributed by atoms with van der Waals surface area (Å²) in [5.74, 6) is -0.350. The zero-order chi connectivity index (χ0) is 24.8. The molecule has 2 aromatic rings. The lowest BCUT2D eigenvalue weighted by Gasteiger charge is -2.26. The highest BCUT2D eigenvalue weighted by Gasteiger charge is 2.44. The molecule has 2 aliphatic heterocycles. The number of fused-ring (bicyclic) bond motifs is 1. The van der Waals surface area contributed by atoms with Crippen molar-refractivity contribution >= 4 is 33.0 Å². The van der Waals surface area contributed by atoms with Crippen LogP contribution in [0.5, 0.6) is 0 Å². The average molecular weight is 496 g/mol. The van der Waals surface area contributed by atoms with Crippen LogP contribution in [0.15, 0.2) is 47.4 Å². The fourth-order valence-electron chi connectivity index (χ4n) is 4.69. The van der Waals surface area contributed by atoms with Crippen molar-refractivity contribution in [3.63, 3.8) is 0 Å². The van der Waals surface area contributed by atoms with Crippen molar-refractivity contribution in [3.8, 4) is 0 Å². The second-order valence-electron chi connectivity index (χ2n) is 8.81. The summed E-state index contributed by atoms with van der Waals surface area (Å²) in [6.45, 7) is 2.84. The molecule has 2 aliphatic rings. The Balaban J connectivity index is 1.45. The van der Waals surface area contributed by atoms with E-state index in [2.05, 4.69) is 5.32 Å². The number of nitrogens with zero attached hydrogens (tertiary/aromatic N) is 2. The van der Waals surface area contributed by atoms with Gasteiger partial charge in [0.05, 0.1) is 16.1 Å². The molecule has 2 fully saturated rings. The number of ketones is 1. The first-order chi connectivity index (χ1) is 15.8. The Morgan fingerprint density at radius 2 is 1.62 bits per heavy atom. The Kier molecular flexibility index (Phi) is 6.09. The summed E-state index contributed by atoms with van der Waals surface area (Å²) in [4.78, 5) is 28.2. The number of Topliss-reactive ketones (excluding diaryl/α,β-unsaturated/α-hetero) is 1. The number of nitrogens with one attached hydrogen (secondary N) is 1. The van der Waals surface area contributed by atoms with Gasteiger partial charge in [-0.05, 0) is 37.3 Å². The number of carbonyl (C=O) groups excluding carboxylic acids is 2. The van der Waals surface area contributed by atoms with Crippen LogP contribution in [0, 0.1) is 11.8 Å². The molecule has 2 saturated heterocycles. The summed E-state index contributed by atoms with van der Waals surface area (Å²) in [6, 6.07) is 9.01. The lowest BCUT2D eigenvalue weighted by molar-refractivity contribution is -0.137. The van der Waals surface area contributed by atoms with E-state index in [1.54, 1.807) is 15.9 Å². The number of amides is 2. The van der Waals surface area contributed by atoms with Crippen LogP contribution in [-0.2, 0) is 16.0 Å². The van der Waals surface area contributed by atoms with Gasteiger partial charge in [-0.2, -0.15) is 13.2 Å². The number of rotatable bonds is 4. The summed E-state index contributed by atoms with van der Waals surface area (Å²) in [6.07, 6.45) is -3.41. The summed E-state index contributed by atoms with van der Waals surface area (Å²) in [7, 11) is -3.52. The van der Waals surface area contributed by atoms with Gasteiger partial charge >= 0.3 is 12.2 Å². The zero-order valence-corrected chi connectivity index (χ0v) is 19.4. The molecule has 1 N–H and O–H groups in total. The van der Waals surface area contributed by atoms with E-state index in [1.165, 1.54) is 37.3 Å². The molecule has 0 aromatic heterocycles. The molecule has 2 atom stereocenters. The van der Waals surface area contributed by atoms with Gasteiger partial charge in [0.1, 0.15) is 0 Å². The molecule has 2 aromatic carbocycles. The van der Waals surface area contributed by atoms with Crippen molar-refractivity contribution in [1.29, 1.82) is 0 Å². The van der Waals surface area contributed by atoms with Gasteiger partial charge in [0, 0.05) is 55.5 Å². The number of hydrogen-bond donors (Lipinski definition) is 1. The molecule has 0 saturated carbocycles. The van der Waals surface area contributed by atoms with E-state index >= 15 is 0 Å². The minimum absolute atomic E-state index is 0.0203. The second kappa shape index (κ2) is 8.61. The molecule has 0 unspecified atom stereocenters. The summed E-state index contributed by atoms with van der Waals surface area (Å²) >= 11 is 0. The SMILES string of the molecule is CC(=O)c1cc(S(C)(=O)=O)ccc1NC(=O)N1C[C@@H]2CN(c3ccccc3C(F)(F)F)C[C@@H]2C1. The van der Waals surface area contributed by atoms with E-state index in [-0.39, 0.29) is 33.7 Å². The number of halogens is 3. The predicted octanol–water partition coefficient (Wildman–Crippen LogP) is 3.91. The van der Waals surface area contributed by atoms with Crippen LogP contribution in [0.1, 0.15) is 22.8 Å². The number of sulfone groups is 1. The van der Waals surface area contributed by atoms with Crippen LogP contribution in [0.25, 0.3) is 0 Å². The largest absolute Gasteiger partial charge is 0.418 e. The van der Waals surface area contributed by atoms with Crippen LogP contribution >= 0.6 is 0 Å². The number of carbonyl (C=O) groups is 2. The van der Waals surface area contributed by atoms with E-state index in [9.17, 15) is 31.2 Å². The number of anilines is 2. The van der Waals surface area contributed by atoms with E-state index < -0.39 is 33.4 Å². The maximum atomic E-state index is 13.4. The minimum atomic E-state index is -4.44. The molecule has 0 radical (unpaired) electrons. The molecule has 0 spiro atoms. The first kappa shape index (κ1) is 24.1. The maximum Gasteiger partial charge on any atom is 0.418 e. The molecule has 0 bridgehead atoms. The molecule has 2 heterocycles. The van der Waals surface area contributed by atoms with Crippen LogP contribution in [0.4, 0.5) is 29.3 Å². The standard InChI is InChI=1S/C23H24F3N3O4S/c1-14(30)18-9-17(34(2,32)33)7-8-20(18)27-22(31)29-12-15-10-28(11-16(15)13-29)21-6-4-3-5-19(21)23(24,25)26/h3-9,15-16H,10-13H2,1-2H3,(H,27,31)/t15-,16+. The summed E-state index contributed by atoms with van der Waals surface area (Å²) in [5, 5.41) is 2.68. The molecule has 11 heteroatoms. The summed E-state index contributed by atoms with van der Waals surface area (Å²) < 4.78 is 63.8. The van der Waals surface area contributed by atoms with Gasteiger partial charge in [-0.3, -0.25) is 4.79 Å². The Morgan fingerprint density at radius 1 is 1.00 bits per heavy atom. The van der Waals surface area contributed by atoms with Crippen molar-refractivity contribution in [2.24, 2.45) is 11.8 Å². The highest BCUT2D eigenvalue weighted by molar-refractivity contribution is 7.90. The number of urea groups is 1. The lowest BCUT2D eigenvalue weighted by atomic mass is 10.0. The monoisotopic (exact) mass is 495 g/mol. The average Bonchev–Trinajstić information content (AvgIpc) is 3.32. The van der Waals surface area contributed by atoms with Crippen LogP contribution in [0.2, 0.25) is 0 Å². The third-order valence-electron chi connectivity index (χ3n) is 6.36. The van der Waals surface area contributed by atoms with Gasteiger partial charge in [-0.1, -0.05) is 12.1 Å². The zero-order valence-electron chi connectivity index (χ0n) is 18.6. The van der Waals surface area contributed by atoms with Crippen molar-refractivity contribution in [1.82, 2.24) is 4.90 Å². The molecule has 2 amide bonds. The van der Waals surface area contributed by atoms with Crippen LogP contribution in [-0.4, -0.2) is 57.6 Å². The Morgan fingerprint density at radius 3 is 2.18 bits per heavy atom. The van der Waals surface area contributed by atoms with Gasteiger partial charge < -0.3 is 15.1 Å². The number of hydrogen-bond acceptors (Lipinski definition) is 5. The second-order valence-corrected chi connectivity index (χ2v) is 10.8. The first-order valence-electron chi connectivity index (χ1n) is 10.7. The topological polar surface area (TPSA) is 86.8 Å². The minimum Gasteiger partial charge on any atom is -0.370 e. The third kappa shape index (κ3) is 4.75. The van der Waals surface area contributed by atoms with Gasteiger partial charge in [-0.15, -0.1) is 0 Å². The maximum absolute atomic E-state index is 13.4. The van der Waals surface area contributed by atoms with E-state index in [0.29, 0.717) is 26.2 Å². The fourth-order valence-corrected chi connectivity index (χ4v) is 5.34. The predicted molar refractivity (Wildman–Crippen MR) is 121 cm³/mol. The van der Waals surface area contributed by atoms with Crippen molar-refractivity contribution in [3.05, 3.63) is 53.6 Å². The molecule has 7 nitrogen and oxygen atoms in total. The van der Waals surface area contributed by atoms with Crippen LogP contribution in [0.3, 0.4) is 0 Å². The Hall–Kier alpha value is -3.08. The quantitative estimate of drug-likeness (QED) is 0.650. The van der Waals surface area contributed by atoms with Crippen LogP contribution < -0.4 is 10.2 Å². The number of likely N-dealkylation sites (tertiary alicyclic amines) is 1. The third-order valence-corrected chi connectivity index (χ3v) is 7.47. The number of benzene rings is 2. The van der Waals surface area contributed by atoms with Crippen molar-refractivity contribution in [2.45, 2.75) is 18.0 Å².